The molecule has 2 aromatic carbocycles. The Morgan fingerprint density at radius 2 is 1.23 bits per heavy atom. The Hall–Kier alpha value is -9.80. The predicted molar refractivity (Wildman–Crippen MR) is 417 cm³/mol. The van der Waals surface area contributed by atoms with Crippen molar-refractivity contribution in [3.63, 3.8) is 0 Å². The van der Waals surface area contributed by atoms with E-state index in [4.69, 9.17) is 26.7 Å². The van der Waals surface area contributed by atoms with Crippen LogP contribution < -0.4 is 70.4 Å². The van der Waals surface area contributed by atoms with E-state index in [2.05, 4.69) is 70.1 Å². The van der Waals surface area contributed by atoms with Gasteiger partial charge in [-0.15, -0.1) is 0 Å². The fourth-order valence-electron chi connectivity index (χ4n) is 13.3. The number of hydrogen-bond acceptors (Lipinski definition) is 18. The zero-order chi connectivity index (χ0) is 81.6. The maximum atomic E-state index is 15.2. The normalized spacial score (nSPS) is 19.9. The first kappa shape index (κ1) is 92.8. The van der Waals surface area contributed by atoms with Crippen molar-refractivity contribution in [3.8, 4) is 0 Å². The minimum absolute atomic E-state index is 0.00707. The highest BCUT2D eigenvalue weighted by Crippen LogP contribution is 2.24. The number of para-hydroxylation sites is 1. The number of nitrogens with two attached hydrogens (primary N) is 3. The van der Waals surface area contributed by atoms with E-state index < -0.39 is 177 Å². The van der Waals surface area contributed by atoms with Crippen molar-refractivity contribution in [1.82, 2.24) is 63.1 Å². The number of primary amides is 1. The fraction of sp³-hybridized carbons (Fsp3) is 0.641. The first-order valence-corrected chi connectivity index (χ1v) is 39.8. The monoisotopic (exact) mass is 1570 g/mol. The first-order chi connectivity index (χ1) is 53.9. The largest absolute Gasteiger partial charge is 0.481 e. The van der Waals surface area contributed by atoms with Crippen molar-refractivity contribution in [2.24, 2.45) is 22.2 Å². The minimum atomic E-state index is -1.81. The number of aliphatic carboxylic acids is 1. The van der Waals surface area contributed by atoms with Crippen molar-refractivity contribution in [2.45, 2.75) is 261 Å². The predicted octanol–water partition coefficient (Wildman–Crippen LogP) is 1.09. The lowest BCUT2D eigenvalue weighted by molar-refractivity contribution is -0.143. The molecule has 34 nitrogen and oxygen atoms in total. The summed E-state index contributed by atoms with van der Waals surface area (Å²) in [6.45, 7) is 2.33. The van der Waals surface area contributed by atoms with Gasteiger partial charge in [-0.25, -0.2) is 0 Å². The average Bonchev–Trinajstić information content (AvgIpc) is 1.64. The second-order valence-corrected chi connectivity index (χ2v) is 28.7. The van der Waals surface area contributed by atoms with Crippen LogP contribution in [0.2, 0.25) is 0 Å². The fourth-order valence-corrected chi connectivity index (χ4v) is 13.3. The van der Waals surface area contributed by atoms with Gasteiger partial charge in [0.05, 0.1) is 32.5 Å². The van der Waals surface area contributed by atoms with Crippen LogP contribution in [0.25, 0.3) is 10.9 Å². The minimum Gasteiger partial charge on any atom is -0.481 e. The number of aromatic nitrogens is 1. The summed E-state index contributed by atoms with van der Waals surface area (Å²) < 4.78 is 10.9. The summed E-state index contributed by atoms with van der Waals surface area (Å²) in [5.74, 6) is -11.6. The van der Waals surface area contributed by atoms with Crippen LogP contribution in [0, 0.1) is 0 Å². The van der Waals surface area contributed by atoms with Crippen LogP contribution in [0.15, 0.2) is 65.8 Å². The Morgan fingerprint density at radius 1 is 0.625 bits per heavy atom. The van der Waals surface area contributed by atoms with Crippen molar-refractivity contribution in [3.05, 3.63) is 71.9 Å². The molecule has 0 aliphatic carbocycles. The molecule has 5 rings (SSSR count). The Kier molecular flexibility index (Phi) is 43.4. The van der Waals surface area contributed by atoms with Gasteiger partial charge in [0.2, 0.25) is 70.9 Å². The van der Waals surface area contributed by atoms with E-state index >= 15 is 4.79 Å². The van der Waals surface area contributed by atoms with Crippen LogP contribution in [-0.2, 0) is 84.6 Å². The number of benzene rings is 2. The quantitative estimate of drug-likeness (QED) is 0.0214. The van der Waals surface area contributed by atoms with E-state index in [-0.39, 0.29) is 116 Å². The number of aromatic amines is 1. The van der Waals surface area contributed by atoms with Crippen molar-refractivity contribution >= 4 is 93.7 Å². The number of guanidine groups is 1. The molecule has 2 fully saturated rings. The number of hydrogen-bond donors (Lipinski definition) is 17. The van der Waals surface area contributed by atoms with Gasteiger partial charge >= 0.3 is 5.97 Å². The highest BCUT2D eigenvalue weighted by atomic mass is 16.5. The third-order valence-electron chi connectivity index (χ3n) is 19.5. The molecule has 622 valence electrons. The van der Waals surface area contributed by atoms with Crippen LogP contribution in [0.4, 0.5) is 0 Å². The van der Waals surface area contributed by atoms with E-state index in [0.717, 1.165) is 35.1 Å². The van der Waals surface area contributed by atoms with E-state index in [9.17, 15) is 72.9 Å². The Bertz CT molecular complexity index is 3500. The first-order valence-electron chi connectivity index (χ1n) is 39.8. The molecule has 2 saturated heterocycles. The van der Waals surface area contributed by atoms with Crippen LogP contribution in [0.5, 0.6) is 0 Å². The molecule has 3 aromatic rings. The standard InChI is InChI=1S/C78H122N16O18/c1-3-5-7-8-9-10-11-12-13-14-15-16-20-33-65(97)83-40-41-111-42-43-112-50-67(99)86-59(35-37-68(100)101)72(105)93-63(49-95)75(108)89-57(29-6-4-2)70(103)90-60-34-36-66(98)82-38-24-23-31-56(69(79)102)87-74(107)62(45-52-47-85-55-30-22-21-28-54(52)55)91-71(104)58(32-25-39-84-78(80)81)88-73(106)61(44-51-26-18-17-19-27-51)92-76(109)64-46-53(96)48-94(64)77(60)110/h17-19,21-22,26-28,30,47,53,56-64,85,95-96H,3-16,20,23-25,29,31-46,48-50H2,1-2H3,(H2,79,102)(H,82,98)(H,83,97)(H,86,99)(H,87,107)(H,88,106)(H,89,108)(H,90,103)(H,91,104)(H,92,109)(H,93,105)(H,100,101)(H4,80,81,84)/t53-,56+,57+,58+,59+,60+,61?,62+,63+,64+/m1/s1. The van der Waals surface area contributed by atoms with E-state index in [1.165, 1.54) is 64.2 Å². The number of carboxylic acid groups (broad SMARTS) is 1. The number of carbonyl (C=O) groups excluding carboxylic acids is 12. The zero-order valence-electron chi connectivity index (χ0n) is 65.0. The second-order valence-electron chi connectivity index (χ2n) is 28.7. The van der Waals surface area contributed by atoms with Crippen LogP contribution in [0.3, 0.4) is 0 Å². The number of carboxylic acids is 1. The molecule has 0 spiro atoms. The number of nitrogens with one attached hydrogen (secondary N) is 11. The van der Waals surface area contributed by atoms with Gasteiger partial charge in [0, 0.05) is 81.8 Å². The Morgan fingerprint density at radius 3 is 1.91 bits per heavy atom. The number of aliphatic imine (C=N–C) groups is 1. The van der Waals surface area contributed by atoms with Gasteiger partial charge in [-0.05, 0) is 75.0 Å². The number of amides is 12. The topological polar surface area (TPSA) is 531 Å². The maximum Gasteiger partial charge on any atom is 0.303 e. The molecule has 2 aliphatic heterocycles. The molecule has 2 aliphatic rings. The third-order valence-corrected chi connectivity index (χ3v) is 19.5. The zero-order valence-corrected chi connectivity index (χ0v) is 65.0. The van der Waals surface area contributed by atoms with Crippen LogP contribution >= 0.6 is 0 Å². The highest BCUT2D eigenvalue weighted by Gasteiger charge is 2.44. The van der Waals surface area contributed by atoms with Gasteiger partial charge in [0.25, 0.3) is 0 Å². The summed E-state index contributed by atoms with van der Waals surface area (Å²) in [6.07, 6.45) is 14.9. The number of unbranched alkanes of at least 4 members (excludes halogenated alkanes) is 13. The number of ether oxygens (including phenoxy) is 2. The van der Waals surface area contributed by atoms with E-state index in [1.54, 1.807) is 49.5 Å². The lowest BCUT2D eigenvalue weighted by Gasteiger charge is -2.31. The van der Waals surface area contributed by atoms with Gasteiger partial charge in [0.15, 0.2) is 5.96 Å². The van der Waals surface area contributed by atoms with Crippen LogP contribution in [0.1, 0.15) is 198 Å². The molecule has 0 bridgehead atoms. The third kappa shape index (κ3) is 35.3. The summed E-state index contributed by atoms with van der Waals surface area (Å²) in [4.78, 5) is 189. The highest BCUT2D eigenvalue weighted by molar-refractivity contribution is 5.99. The SMILES string of the molecule is CCCCCCCCCCCCCCCC(=O)NCCOCCOCC(=O)N[C@@H](CCC(=O)O)C(=O)N[C@@H](CO)C(=O)N[C@@H](CCCC)C(=O)N[C@H]1CCC(=O)NCCCC[C@@H](C(N)=O)NC(=O)[C@H](Cc2c[nH]c3ccccc23)NC(=O)[C@H](CCCN=C(N)N)NC(=O)C(Cc2ccccc2)NC(=O)[C@@H]2C[C@@H](O)CN2C1=O. The van der Waals surface area contributed by atoms with Crippen molar-refractivity contribution in [2.75, 3.05) is 59.2 Å². The summed E-state index contributed by atoms with van der Waals surface area (Å²) in [5.41, 5.74) is 19.0. The molecule has 12 amide bonds. The number of rotatable bonds is 45. The molecule has 0 radical (unpaired) electrons. The summed E-state index contributed by atoms with van der Waals surface area (Å²) in [7, 11) is 0. The summed E-state index contributed by atoms with van der Waals surface area (Å²) >= 11 is 0. The average molecular weight is 1570 g/mol. The van der Waals surface area contributed by atoms with Crippen LogP contribution in [-0.4, -0.2) is 228 Å². The number of H-pyrrole nitrogens is 1. The second kappa shape index (κ2) is 52.4. The molecule has 1 unspecified atom stereocenters. The van der Waals surface area contributed by atoms with Gasteiger partial charge in [-0.2, -0.15) is 0 Å². The van der Waals surface area contributed by atoms with E-state index in [0.29, 0.717) is 24.0 Å². The molecule has 34 heteroatoms. The smallest absolute Gasteiger partial charge is 0.303 e. The lowest BCUT2D eigenvalue weighted by atomic mass is 10.0. The van der Waals surface area contributed by atoms with Gasteiger partial charge in [-0.1, -0.05) is 152 Å². The number of aliphatic hydroxyl groups excluding tert-OH is 2. The molecular formula is C78H122N16O18. The number of carbonyl (C=O) groups is 13. The molecule has 1 aromatic heterocycles. The number of nitrogens with zero attached hydrogens (tertiary/aromatic N) is 2. The summed E-state index contributed by atoms with van der Waals surface area (Å²) in [5, 5.41) is 58.4. The molecule has 10 atom stereocenters. The summed E-state index contributed by atoms with van der Waals surface area (Å²) in [6, 6.07) is 2.03. The molecule has 20 N–H and O–H groups in total. The maximum absolute atomic E-state index is 15.2. The molecular weight excluding hydrogens is 1450 g/mol. The van der Waals surface area contributed by atoms with E-state index in [1.807, 2.05) is 18.2 Å². The number of fused-ring (bicyclic) bond motifs is 2. The Balaban J connectivity index is 1.28. The van der Waals surface area contributed by atoms with Crippen molar-refractivity contribution < 1.29 is 87.1 Å². The molecule has 3 heterocycles. The van der Waals surface area contributed by atoms with Crippen molar-refractivity contribution in [1.29, 1.82) is 0 Å². The lowest BCUT2D eigenvalue weighted by Crippen LogP contribution is -2.61. The van der Waals surface area contributed by atoms with Gasteiger partial charge in [-0.3, -0.25) is 67.3 Å². The molecule has 112 heavy (non-hydrogen) atoms. The van der Waals surface area contributed by atoms with Gasteiger partial charge < -0.3 is 105 Å². The Labute approximate surface area is 655 Å². The molecule has 0 saturated carbocycles. The van der Waals surface area contributed by atoms with Gasteiger partial charge in [0.1, 0.15) is 61.0 Å². The number of aliphatic hydroxyl groups is 2.